The van der Waals surface area contributed by atoms with E-state index in [0.29, 0.717) is 32.7 Å². The number of aromatic nitrogens is 1. The molecule has 1 aromatic carbocycles. The van der Waals surface area contributed by atoms with E-state index in [2.05, 4.69) is 15.2 Å². The van der Waals surface area contributed by atoms with Crippen LogP contribution in [0.1, 0.15) is 24.0 Å². The molecule has 0 bridgehead atoms. The Morgan fingerprint density at radius 3 is 2.90 bits per heavy atom. The highest BCUT2D eigenvalue weighted by molar-refractivity contribution is 5.79. The number of rotatable bonds is 5. The van der Waals surface area contributed by atoms with Gasteiger partial charge in [-0.1, -0.05) is 12.1 Å². The Hall–Kier alpha value is -2.38. The van der Waals surface area contributed by atoms with Crippen molar-refractivity contribution in [3.8, 4) is 0 Å². The van der Waals surface area contributed by atoms with Crippen molar-refractivity contribution in [1.82, 2.24) is 15.2 Å². The van der Waals surface area contributed by atoms with Crippen LogP contribution in [0.4, 0.5) is 8.78 Å². The minimum Gasteiger partial charge on any atom is -0.378 e. The molecule has 29 heavy (non-hydrogen) atoms. The van der Waals surface area contributed by atoms with Crippen LogP contribution in [0.5, 0.6) is 0 Å². The molecular formula is C22H25F2N3O2. The lowest BCUT2D eigenvalue weighted by atomic mass is 9.79. The molecule has 2 aliphatic rings. The number of fused-ring (bicyclic) bond motifs is 1. The summed E-state index contributed by atoms with van der Waals surface area (Å²) in [6.07, 6.45) is 5.05. The van der Waals surface area contributed by atoms with Crippen molar-refractivity contribution < 1.29 is 18.3 Å². The highest BCUT2D eigenvalue weighted by Crippen LogP contribution is 2.34. The van der Waals surface area contributed by atoms with E-state index in [1.807, 2.05) is 12.1 Å². The lowest BCUT2D eigenvalue weighted by Crippen LogP contribution is -2.53. The molecule has 7 heteroatoms. The van der Waals surface area contributed by atoms with Gasteiger partial charge in [-0.25, -0.2) is 8.78 Å². The molecule has 2 aromatic rings. The second-order valence-electron chi connectivity index (χ2n) is 7.82. The van der Waals surface area contributed by atoms with E-state index in [4.69, 9.17) is 4.74 Å². The van der Waals surface area contributed by atoms with E-state index >= 15 is 0 Å². The molecule has 1 aromatic heterocycles. The largest absolute Gasteiger partial charge is 0.378 e. The summed E-state index contributed by atoms with van der Waals surface area (Å²) in [6.45, 7) is 3.10. The topological polar surface area (TPSA) is 54.5 Å². The molecule has 1 N–H and O–H groups in total. The molecule has 3 atom stereocenters. The number of hydrogen-bond donors (Lipinski definition) is 1. The Labute approximate surface area is 169 Å². The van der Waals surface area contributed by atoms with Gasteiger partial charge in [0.2, 0.25) is 5.91 Å². The number of amides is 1. The van der Waals surface area contributed by atoms with Gasteiger partial charge in [0, 0.05) is 57.0 Å². The zero-order valence-corrected chi connectivity index (χ0v) is 16.2. The molecule has 3 heterocycles. The Balaban J connectivity index is 1.39. The maximum absolute atomic E-state index is 13.5. The highest BCUT2D eigenvalue weighted by Gasteiger charge is 2.41. The summed E-state index contributed by atoms with van der Waals surface area (Å²) in [5.74, 6) is -1.64. The van der Waals surface area contributed by atoms with Crippen molar-refractivity contribution in [3.05, 3.63) is 65.5 Å². The molecule has 0 radical (unpaired) electrons. The molecular weight excluding hydrogens is 376 g/mol. The quantitative estimate of drug-likeness (QED) is 0.837. The average molecular weight is 401 g/mol. The van der Waals surface area contributed by atoms with E-state index < -0.39 is 11.6 Å². The predicted molar refractivity (Wildman–Crippen MR) is 104 cm³/mol. The predicted octanol–water partition coefficient (Wildman–Crippen LogP) is 2.90. The summed E-state index contributed by atoms with van der Waals surface area (Å²) in [7, 11) is 0. The molecule has 2 aliphatic heterocycles. The van der Waals surface area contributed by atoms with Crippen LogP contribution >= 0.6 is 0 Å². The van der Waals surface area contributed by atoms with Gasteiger partial charge < -0.3 is 10.1 Å². The van der Waals surface area contributed by atoms with E-state index in [-0.39, 0.29) is 23.8 Å². The summed E-state index contributed by atoms with van der Waals surface area (Å²) >= 11 is 0. The minimum atomic E-state index is -0.835. The summed E-state index contributed by atoms with van der Waals surface area (Å²) in [5, 5.41) is 3.04. The number of nitrogens with one attached hydrogen (secondary N) is 1. The normalized spacial score (nSPS) is 24.7. The smallest absolute Gasteiger partial charge is 0.223 e. The van der Waals surface area contributed by atoms with Gasteiger partial charge >= 0.3 is 0 Å². The third kappa shape index (κ3) is 4.79. The Morgan fingerprint density at radius 2 is 2.10 bits per heavy atom. The fourth-order valence-corrected chi connectivity index (χ4v) is 4.37. The van der Waals surface area contributed by atoms with Gasteiger partial charge in [0.05, 0.1) is 6.10 Å². The first kappa shape index (κ1) is 19.9. The second kappa shape index (κ2) is 8.97. The standard InChI is InChI=1S/C22H25F2N3O2/c23-19-4-3-15(10-20(19)24)13-27-8-5-21-18(14-27)17(6-9-29-21)22(28)26-12-16-2-1-7-25-11-16/h1-4,7,10-11,17-18,21H,5-6,8-9,12-14H2,(H,26,28)/t17-,18+,21-/m1/s1. The SMILES string of the molecule is O=C(NCc1cccnc1)[C@@H]1CCO[C@@H]2CCN(Cc3ccc(F)c(F)c3)C[C@H]21. The van der Waals surface area contributed by atoms with Crippen molar-refractivity contribution in [1.29, 1.82) is 0 Å². The number of hydrogen-bond acceptors (Lipinski definition) is 4. The number of ether oxygens (including phenoxy) is 1. The molecule has 0 aliphatic carbocycles. The van der Waals surface area contributed by atoms with Gasteiger partial charge in [-0.15, -0.1) is 0 Å². The van der Waals surface area contributed by atoms with Gasteiger partial charge in [-0.3, -0.25) is 14.7 Å². The number of halogens is 2. The first-order chi connectivity index (χ1) is 14.1. The average Bonchev–Trinajstić information content (AvgIpc) is 2.75. The molecule has 4 rings (SSSR count). The monoisotopic (exact) mass is 401 g/mol. The number of pyridine rings is 1. The zero-order valence-electron chi connectivity index (χ0n) is 16.2. The Morgan fingerprint density at radius 1 is 1.21 bits per heavy atom. The van der Waals surface area contributed by atoms with Crippen LogP contribution in [0.3, 0.4) is 0 Å². The van der Waals surface area contributed by atoms with Gasteiger partial charge in [-0.05, 0) is 42.2 Å². The van der Waals surface area contributed by atoms with Gasteiger partial charge in [-0.2, -0.15) is 0 Å². The Bertz CT molecular complexity index is 849. The lowest BCUT2D eigenvalue weighted by Gasteiger charge is -2.44. The van der Waals surface area contributed by atoms with E-state index in [9.17, 15) is 13.6 Å². The number of piperidine rings is 1. The van der Waals surface area contributed by atoms with Gasteiger partial charge in [0.25, 0.3) is 0 Å². The first-order valence-electron chi connectivity index (χ1n) is 10.0. The van der Waals surface area contributed by atoms with E-state index in [1.165, 1.54) is 6.07 Å². The molecule has 2 fully saturated rings. The summed E-state index contributed by atoms with van der Waals surface area (Å²) < 4.78 is 32.6. The summed E-state index contributed by atoms with van der Waals surface area (Å²) in [5.41, 5.74) is 1.70. The van der Waals surface area contributed by atoms with Crippen LogP contribution in [0.25, 0.3) is 0 Å². The van der Waals surface area contributed by atoms with Crippen LogP contribution in [0.2, 0.25) is 0 Å². The summed E-state index contributed by atoms with van der Waals surface area (Å²) in [4.78, 5) is 19.1. The molecule has 0 spiro atoms. The third-order valence-electron chi connectivity index (χ3n) is 5.87. The Kier molecular flexibility index (Phi) is 6.16. The minimum absolute atomic E-state index is 0.0434. The first-order valence-corrected chi connectivity index (χ1v) is 10.0. The fraction of sp³-hybridized carbons (Fsp3) is 0.455. The van der Waals surface area contributed by atoms with Crippen LogP contribution in [-0.4, -0.2) is 41.6 Å². The fourth-order valence-electron chi connectivity index (χ4n) is 4.37. The highest BCUT2D eigenvalue weighted by atomic mass is 19.2. The summed E-state index contributed by atoms with van der Waals surface area (Å²) in [6, 6.07) is 7.81. The van der Waals surface area contributed by atoms with Crippen molar-refractivity contribution >= 4 is 5.91 Å². The molecule has 0 saturated carbocycles. The van der Waals surface area contributed by atoms with Crippen molar-refractivity contribution in [2.75, 3.05) is 19.7 Å². The van der Waals surface area contributed by atoms with Crippen LogP contribution in [-0.2, 0) is 22.6 Å². The van der Waals surface area contributed by atoms with Crippen molar-refractivity contribution in [2.24, 2.45) is 11.8 Å². The lowest BCUT2D eigenvalue weighted by molar-refractivity contribution is -0.142. The van der Waals surface area contributed by atoms with Gasteiger partial charge in [0.1, 0.15) is 0 Å². The van der Waals surface area contributed by atoms with Gasteiger partial charge in [0.15, 0.2) is 11.6 Å². The third-order valence-corrected chi connectivity index (χ3v) is 5.87. The second-order valence-corrected chi connectivity index (χ2v) is 7.82. The van der Waals surface area contributed by atoms with Crippen LogP contribution in [0, 0.1) is 23.5 Å². The number of benzene rings is 1. The van der Waals surface area contributed by atoms with Crippen LogP contribution in [0.15, 0.2) is 42.7 Å². The molecule has 5 nitrogen and oxygen atoms in total. The maximum Gasteiger partial charge on any atom is 0.223 e. The van der Waals surface area contributed by atoms with Crippen LogP contribution < -0.4 is 5.32 Å². The zero-order chi connectivity index (χ0) is 20.2. The molecule has 2 saturated heterocycles. The number of carbonyl (C=O) groups is 1. The van der Waals surface area contributed by atoms with Crippen molar-refractivity contribution in [3.63, 3.8) is 0 Å². The number of likely N-dealkylation sites (tertiary alicyclic amines) is 1. The molecule has 1 amide bonds. The molecule has 0 unspecified atom stereocenters. The molecule has 154 valence electrons. The number of carbonyl (C=O) groups excluding carboxylic acids is 1. The van der Waals surface area contributed by atoms with E-state index in [1.54, 1.807) is 18.5 Å². The van der Waals surface area contributed by atoms with E-state index in [0.717, 1.165) is 30.2 Å². The maximum atomic E-state index is 13.5. The number of nitrogens with zero attached hydrogens (tertiary/aromatic N) is 2. The van der Waals surface area contributed by atoms with Crippen molar-refractivity contribution in [2.45, 2.75) is 32.0 Å².